The number of aromatic nitrogens is 2. The summed E-state index contributed by atoms with van der Waals surface area (Å²) in [4.78, 5) is 49.4. The van der Waals surface area contributed by atoms with Gasteiger partial charge in [0, 0.05) is 32.9 Å². The molecule has 2 heterocycles. The third kappa shape index (κ3) is 3.32. The number of fused-ring (bicyclic) bond motifs is 1. The topological polar surface area (TPSA) is 105 Å². The predicted octanol–water partition coefficient (Wildman–Crippen LogP) is -0.446. The summed E-state index contributed by atoms with van der Waals surface area (Å²) in [7, 11) is 3.29. The van der Waals surface area contributed by atoms with E-state index in [9.17, 15) is 19.2 Å². The largest absolute Gasteiger partial charge is 0.341 e. The van der Waals surface area contributed by atoms with Crippen molar-refractivity contribution in [3.05, 3.63) is 28.7 Å². The van der Waals surface area contributed by atoms with Crippen molar-refractivity contribution < 1.29 is 14.4 Å². The second-order valence-electron chi connectivity index (χ2n) is 6.33. The molecule has 3 amide bonds. The molecular weight excluding hydrogens is 338 g/mol. The predicted molar refractivity (Wildman–Crippen MR) is 95.6 cm³/mol. The van der Waals surface area contributed by atoms with Crippen LogP contribution in [0.15, 0.2) is 23.0 Å². The number of rotatable bonds is 3. The minimum Gasteiger partial charge on any atom is -0.341 e. The van der Waals surface area contributed by atoms with Crippen molar-refractivity contribution >= 4 is 34.4 Å². The first kappa shape index (κ1) is 17.7. The Labute approximate surface area is 149 Å². The molecule has 0 aliphatic carbocycles. The minimum atomic E-state index is -0.875. The Morgan fingerprint density at radius 1 is 1.00 bits per heavy atom. The molecular formula is C17H21N5O4. The van der Waals surface area contributed by atoms with Gasteiger partial charge in [0.05, 0.1) is 17.6 Å². The fourth-order valence-electron chi connectivity index (χ4n) is 3.09. The van der Waals surface area contributed by atoms with Crippen LogP contribution in [-0.2, 0) is 28.5 Å². The molecule has 0 radical (unpaired) electrons. The number of carbonyl (C=O) groups excluding carboxylic acids is 3. The zero-order valence-corrected chi connectivity index (χ0v) is 14.7. The molecule has 138 valence electrons. The van der Waals surface area contributed by atoms with Gasteiger partial charge in [-0.25, -0.2) is 4.79 Å². The zero-order valence-electron chi connectivity index (χ0n) is 14.7. The maximum absolute atomic E-state index is 12.0. The van der Waals surface area contributed by atoms with Crippen molar-refractivity contribution in [2.24, 2.45) is 14.1 Å². The Hall–Kier alpha value is -3.10. The summed E-state index contributed by atoms with van der Waals surface area (Å²) in [5.41, 5.74) is 1.57. The molecule has 1 aliphatic rings. The van der Waals surface area contributed by atoms with Crippen LogP contribution >= 0.6 is 0 Å². The Bertz CT molecular complexity index is 937. The number of hydrogen-bond donors (Lipinski definition) is 2. The van der Waals surface area contributed by atoms with E-state index in [2.05, 4.69) is 10.6 Å². The number of carbonyl (C=O) groups is 3. The van der Waals surface area contributed by atoms with Crippen molar-refractivity contribution in [3.63, 3.8) is 0 Å². The van der Waals surface area contributed by atoms with Crippen molar-refractivity contribution in [2.75, 3.05) is 25.0 Å². The second kappa shape index (κ2) is 7.03. The van der Waals surface area contributed by atoms with Gasteiger partial charge >= 0.3 is 17.5 Å². The highest BCUT2D eigenvalue weighted by atomic mass is 16.2. The summed E-state index contributed by atoms with van der Waals surface area (Å²) in [5.74, 6) is -1.93. The molecule has 1 aromatic carbocycles. The normalized spacial score (nSPS) is 13.8. The first-order chi connectivity index (χ1) is 12.4. The van der Waals surface area contributed by atoms with Gasteiger partial charge in [0.25, 0.3) is 0 Å². The molecule has 0 unspecified atom stereocenters. The molecule has 0 atom stereocenters. The number of imidazole rings is 1. The zero-order chi connectivity index (χ0) is 18.8. The standard InChI is InChI=1S/C17H21N5O4/c1-20-12-6-5-11(9-13(12)21(2)17(20)26)19-16(25)15(24)18-10-14(23)22-7-3-4-8-22/h5-6,9H,3-4,7-8,10H2,1-2H3,(H,18,24)(H,19,25). The molecule has 2 aromatic rings. The highest BCUT2D eigenvalue weighted by Crippen LogP contribution is 2.17. The average Bonchev–Trinajstić information content (AvgIpc) is 3.24. The number of hydrogen-bond acceptors (Lipinski definition) is 4. The van der Waals surface area contributed by atoms with E-state index in [4.69, 9.17) is 0 Å². The van der Waals surface area contributed by atoms with Crippen LogP contribution in [0.1, 0.15) is 12.8 Å². The summed E-state index contributed by atoms with van der Waals surface area (Å²) in [6, 6.07) is 4.93. The van der Waals surface area contributed by atoms with E-state index in [0.717, 1.165) is 18.4 Å². The van der Waals surface area contributed by atoms with Crippen LogP contribution in [0.4, 0.5) is 5.69 Å². The fourth-order valence-corrected chi connectivity index (χ4v) is 3.09. The van der Waals surface area contributed by atoms with E-state index < -0.39 is 11.8 Å². The summed E-state index contributed by atoms with van der Waals surface area (Å²) in [6.07, 6.45) is 1.93. The van der Waals surface area contributed by atoms with Crippen molar-refractivity contribution in [2.45, 2.75) is 12.8 Å². The maximum atomic E-state index is 12.0. The lowest BCUT2D eigenvalue weighted by atomic mass is 10.2. The number of nitrogens with one attached hydrogen (secondary N) is 2. The van der Waals surface area contributed by atoms with Crippen LogP contribution in [0.5, 0.6) is 0 Å². The van der Waals surface area contributed by atoms with Crippen molar-refractivity contribution in [1.82, 2.24) is 19.4 Å². The molecule has 3 rings (SSSR count). The number of anilines is 1. The van der Waals surface area contributed by atoms with Gasteiger partial charge in [-0.2, -0.15) is 0 Å². The van der Waals surface area contributed by atoms with Gasteiger partial charge in [0.2, 0.25) is 5.91 Å². The van der Waals surface area contributed by atoms with Crippen molar-refractivity contribution in [3.8, 4) is 0 Å². The third-order valence-corrected chi connectivity index (χ3v) is 4.60. The number of amides is 3. The summed E-state index contributed by atoms with van der Waals surface area (Å²) in [5, 5.41) is 4.82. The summed E-state index contributed by atoms with van der Waals surface area (Å²) >= 11 is 0. The monoisotopic (exact) mass is 359 g/mol. The smallest absolute Gasteiger partial charge is 0.328 e. The van der Waals surface area contributed by atoms with E-state index >= 15 is 0 Å². The summed E-state index contributed by atoms with van der Waals surface area (Å²) in [6.45, 7) is 1.19. The van der Waals surface area contributed by atoms with Gasteiger partial charge < -0.3 is 15.5 Å². The molecule has 1 saturated heterocycles. The molecule has 0 spiro atoms. The molecule has 0 saturated carbocycles. The Balaban J connectivity index is 1.62. The van der Waals surface area contributed by atoms with Crippen LogP contribution in [0.25, 0.3) is 11.0 Å². The minimum absolute atomic E-state index is 0.179. The number of likely N-dealkylation sites (tertiary alicyclic amines) is 1. The van der Waals surface area contributed by atoms with E-state index in [1.165, 1.54) is 9.13 Å². The highest BCUT2D eigenvalue weighted by molar-refractivity contribution is 6.39. The molecule has 1 fully saturated rings. The van der Waals surface area contributed by atoms with Gasteiger partial charge in [0.1, 0.15) is 0 Å². The molecule has 2 N–H and O–H groups in total. The van der Waals surface area contributed by atoms with E-state index in [-0.39, 0.29) is 18.1 Å². The molecule has 26 heavy (non-hydrogen) atoms. The molecule has 1 aliphatic heterocycles. The first-order valence-corrected chi connectivity index (χ1v) is 8.41. The van der Waals surface area contributed by atoms with Crippen LogP contribution in [0.3, 0.4) is 0 Å². The third-order valence-electron chi connectivity index (χ3n) is 4.60. The maximum Gasteiger partial charge on any atom is 0.328 e. The van der Waals surface area contributed by atoms with Gasteiger partial charge in [-0.1, -0.05) is 0 Å². The second-order valence-corrected chi connectivity index (χ2v) is 6.33. The molecule has 0 bridgehead atoms. The Morgan fingerprint density at radius 3 is 2.35 bits per heavy atom. The fraction of sp³-hybridized carbons (Fsp3) is 0.412. The van der Waals surface area contributed by atoms with Crippen LogP contribution in [0, 0.1) is 0 Å². The van der Waals surface area contributed by atoms with Gasteiger partial charge in [0.15, 0.2) is 0 Å². The average molecular weight is 359 g/mol. The van der Waals surface area contributed by atoms with Crippen LogP contribution in [-0.4, -0.2) is 51.4 Å². The molecule has 9 nitrogen and oxygen atoms in total. The van der Waals surface area contributed by atoms with Crippen molar-refractivity contribution in [1.29, 1.82) is 0 Å². The van der Waals surface area contributed by atoms with E-state index in [1.807, 2.05) is 0 Å². The molecule has 1 aromatic heterocycles. The lowest BCUT2D eigenvalue weighted by Gasteiger charge is -2.15. The van der Waals surface area contributed by atoms with E-state index in [0.29, 0.717) is 24.3 Å². The summed E-state index contributed by atoms with van der Waals surface area (Å²) < 4.78 is 2.96. The number of nitrogens with zero attached hydrogens (tertiary/aromatic N) is 3. The molecule has 9 heteroatoms. The quantitative estimate of drug-likeness (QED) is 0.725. The highest BCUT2D eigenvalue weighted by Gasteiger charge is 2.20. The lowest BCUT2D eigenvalue weighted by molar-refractivity contribution is -0.138. The van der Waals surface area contributed by atoms with Gasteiger partial charge in [-0.05, 0) is 31.0 Å². The van der Waals surface area contributed by atoms with E-state index in [1.54, 1.807) is 37.2 Å². The lowest BCUT2D eigenvalue weighted by Crippen LogP contribution is -2.42. The number of aryl methyl sites for hydroxylation is 2. The SMILES string of the molecule is Cn1c(=O)n(C)c2cc(NC(=O)C(=O)NCC(=O)N3CCCC3)ccc21. The van der Waals surface area contributed by atoms with Crippen LogP contribution in [0.2, 0.25) is 0 Å². The van der Waals surface area contributed by atoms with Gasteiger partial charge in [-0.3, -0.25) is 23.5 Å². The Kier molecular flexibility index (Phi) is 4.79. The van der Waals surface area contributed by atoms with Gasteiger partial charge in [-0.15, -0.1) is 0 Å². The first-order valence-electron chi connectivity index (χ1n) is 8.41. The number of benzene rings is 1. The Morgan fingerprint density at radius 2 is 1.65 bits per heavy atom. The van der Waals surface area contributed by atoms with Crippen LogP contribution < -0.4 is 16.3 Å².